The number of nitrogens with zero attached hydrogens (tertiary/aromatic N) is 1. The number of Topliss-reactive ketones (excluding diaryl/α,β-unsaturated/α-hetero) is 1. The Morgan fingerprint density at radius 2 is 1.63 bits per heavy atom. The zero-order valence-electron chi connectivity index (χ0n) is 17.9. The lowest BCUT2D eigenvalue weighted by Crippen LogP contribution is -2.46. The topological polar surface area (TPSA) is 110 Å². The van der Waals surface area contributed by atoms with Gasteiger partial charge in [-0.1, -0.05) is 31.4 Å². The lowest BCUT2D eigenvalue weighted by atomic mass is 9.94. The number of hydrogen-bond donors (Lipinski definition) is 1. The molecule has 0 bridgehead atoms. The molecule has 1 saturated carbocycles. The lowest BCUT2D eigenvalue weighted by Gasteiger charge is -2.32. The summed E-state index contributed by atoms with van der Waals surface area (Å²) in [5.41, 5.74) is 0.385. The number of benzene rings is 1. The molecule has 2 rings (SSSR count). The zero-order chi connectivity index (χ0) is 22.5. The Kier molecular flexibility index (Phi) is 8.14. The van der Waals surface area contributed by atoms with Gasteiger partial charge >= 0.3 is 5.97 Å². The van der Waals surface area contributed by atoms with Gasteiger partial charge in [-0.3, -0.25) is 14.4 Å². The highest BCUT2D eigenvalue weighted by atomic mass is 32.2. The summed E-state index contributed by atoms with van der Waals surface area (Å²) in [6.45, 7) is 4.22. The highest BCUT2D eigenvalue weighted by Gasteiger charge is 2.30. The normalized spacial score (nSPS) is 17.1. The third-order valence-electron chi connectivity index (χ3n) is 5.37. The van der Waals surface area contributed by atoms with Crippen molar-refractivity contribution in [2.24, 2.45) is 0 Å². The first-order valence-electron chi connectivity index (χ1n) is 10.1. The van der Waals surface area contributed by atoms with Gasteiger partial charge in [0.1, 0.15) is 6.04 Å². The maximum atomic E-state index is 12.6. The van der Waals surface area contributed by atoms with Gasteiger partial charge in [-0.25, -0.2) is 8.42 Å². The molecule has 1 aliphatic carbocycles. The summed E-state index contributed by atoms with van der Waals surface area (Å²) in [4.78, 5) is 37.8. The first-order chi connectivity index (χ1) is 14.0. The monoisotopic (exact) mass is 438 g/mol. The fourth-order valence-corrected chi connectivity index (χ4v) is 4.67. The van der Waals surface area contributed by atoms with Crippen molar-refractivity contribution in [1.82, 2.24) is 9.62 Å². The number of hydrogen-bond acceptors (Lipinski definition) is 6. The minimum Gasteiger partial charge on any atom is -0.451 e. The van der Waals surface area contributed by atoms with E-state index in [0.29, 0.717) is 5.56 Å². The average molecular weight is 439 g/mol. The van der Waals surface area contributed by atoms with Gasteiger partial charge in [-0.2, -0.15) is 4.72 Å². The second-order valence-corrected chi connectivity index (χ2v) is 9.46. The van der Waals surface area contributed by atoms with E-state index in [4.69, 9.17) is 4.74 Å². The molecule has 1 N–H and O–H groups in total. The van der Waals surface area contributed by atoms with Gasteiger partial charge in [0.15, 0.2) is 11.9 Å². The molecule has 1 aliphatic rings. The molecule has 0 unspecified atom stereocenters. The predicted molar refractivity (Wildman–Crippen MR) is 111 cm³/mol. The van der Waals surface area contributed by atoms with E-state index < -0.39 is 28.1 Å². The van der Waals surface area contributed by atoms with Crippen molar-refractivity contribution in [1.29, 1.82) is 0 Å². The van der Waals surface area contributed by atoms with Crippen molar-refractivity contribution in [3.8, 4) is 0 Å². The fraction of sp³-hybridized carbons (Fsp3) is 0.571. The van der Waals surface area contributed by atoms with Crippen LogP contribution in [0, 0.1) is 0 Å². The van der Waals surface area contributed by atoms with Crippen LogP contribution in [0.3, 0.4) is 0 Å². The highest BCUT2D eigenvalue weighted by Crippen LogP contribution is 2.22. The maximum absolute atomic E-state index is 12.6. The molecule has 0 spiro atoms. The Labute approximate surface area is 178 Å². The van der Waals surface area contributed by atoms with Crippen LogP contribution < -0.4 is 4.72 Å². The third kappa shape index (κ3) is 6.12. The third-order valence-corrected chi connectivity index (χ3v) is 6.92. The molecule has 2 atom stereocenters. The van der Waals surface area contributed by atoms with Gasteiger partial charge < -0.3 is 9.64 Å². The Hall–Kier alpha value is -2.26. The number of carbonyl (C=O) groups is 3. The molecule has 8 nitrogen and oxygen atoms in total. The van der Waals surface area contributed by atoms with Gasteiger partial charge in [0, 0.05) is 18.7 Å². The smallest absolute Gasteiger partial charge is 0.324 e. The summed E-state index contributed by atoms with van der Waals surface area (Å²) < 4.78 is 32.4. The van der Waals surface area contributed by atoms with E-state index in [-0.39, 0.29) is 22.6 Å². The van der Waals surface area contributed by atoms with E-state index in [1.807, 2.05) is 0 Å². The summed E-state index contributed by atoms with van der Waals surface area (Å²) in [6, 6.07) is 4.35. The number of esters is 1. The second kappa shape index (κ2) is 10.2. The van der Waals surface area contributed by atoms with Crippen LogP contribution in [0.5, 0.6) is 0 Å². The zero-order valence-corrected chi connectivity index (χ0v) is 18.7. The van der Waals surface area contributed by atoms with Crippen molar-refractivity contribution in [3.05, 3.63) is 29.8 Å². The number of sulfonamides is 1. The van der Waals surface area contributed by atoms with Crippen molar-refractivity contribution in [2.75, 3.05) is 7.05 Å². The molecular formula is C21H30N2O6S. The van der Waals surface area contributed by atoms with Crippen LogP contribution >= 0.6 is 0 Å². The van der Waals surface area contributed by atoms with E-state index in [1.54, 1.807) is 11.9 Å². The molecule has 0 radical (unpaired) electrons. The summed E-state index contributed by atoms with van der Waals surface area (Å²) in [5.74, 6) is -1.32. The van der Waals surface area contributed by atoms with Crippen LogP contribution in [0.25, 0.3) is 0 Å². The fourth-order valence-electron chi connectivity index (χ4n) is 3.48. The van der Waals surface area contributed by atoms with Crippen LogP contribution in [-0.2, 0) is 24.3 Å². The number of ether oxygens (including phenoxy) is 1. The molecule has 1 fully saturated rings. The van der Waals surface area contributed by atoms with Gasteiger partial charge in [0.05, 0.1) is 4.90 Å². The van der Waals surface area contributed by atoms with Gasteiger partial charge in [0.2, 0.25) is 10.0 Å². The largest absolute Gasteiger partial charge is 0.451 e. The van der Waals surface area contributed by atoms with Gasteiger partial charge in [-0.15, -0.1) is 0 Å². The average Bonchev–Trinajstić information content (AvgIpc) is 2.72. The number of carbonyl (C=O) groups excluding carboxylic acids is 3. The minimum atomic E-state index is -3.99. The number of rotatable bonds is 8. The maximum Gasteiger partial charge on any atom is 0.324 e. The SMILES string of the molecule is CC(=O)c1ccc(S(=O)(=O)N[C@H](C)C(=O)O[C@@H](C)C(=O)N(C)C2CCCCC2)cc1. The molecular weight excluding hydrogens is 408 g/mol. The minimum absolute atomic E-state index is 0.0756. The molecule has 0 aromatic heterocycles. The van der Waals surface area contributed by atoms with Crippen LogP contribution in [0.15, 0.2) is 29.2 Å². The van der Waals surface area contributed by atoms with E-state index in [0.717, 1.165) is 32.1 Å². The number of nitrogens with one attached hydrogen (secondary N) is 1. The van der Waals surface area contributed by atoms with Crippen LogP contribution in [0.2, 0.25) is 0 Å². The highest BCUT2D eigenvalue weighted by molar-refractivity contribution is 7.89. The van der Waals surface area contributed by atoms with Gasteiger partial charge in [0.25, 0.3) is 5.91 Å². The molecule has 1 aromatic carbocycles. The Morgan fingerprint density at radius 1 is 1.07 bits per heavy atom. The van der Waals surface area contributed by atoms with Crippen molar-refractivity contribution in [2.45, 2.75) is 76.0 Å². The lowest BCUT2D eigenvalue weighted by molar-refractivity contribution is -0.160. The summed E-state index contributed by atoms with van der Waals surface area (Å²) >= 11 is 0. The Bertz CT molecular complexity index is 875. The number of amides is 1. The van der Waals surface area contributed by atoms with Crippen molar-refractivity contribution < 1.29 is 27.5 Å². The molecule has 30 heavy (non-hydrogen) atoms. The first-order valence-corrected chi connectivity index (χ1v) is 11.6. The van der Waals surface area contributed by atoms with E-state index >= 15 is 0 Å². The second-order valence-electron chi connectivity index (χ2n) is 7.74. The molecule has 0 saturated heterocycles. The quantitative estimate of drug-likeness (QED) is 0.493. The number of likely N-dealkylation sites (N-methyl/N-ethyl adjacent to an activating group) is 1. The molecule has 0 aliphatic heterocycles. The standard InChI is InChI=1S/C21H30N2O6S/c1-14(22-30(27,28)19-12-10-17(11-13-19)15(2)24)21(26)29-16(3)20(25)23(4)18-8-6-5-7-9-18/h10-14,16,18,22H,5-9H2,1-4H3/t14-,16+/m1/s1. The molecule has 1 aromatic rings. The van der Waals surface area contributed by atoms with E-state index in [1.165, 1.54) is 45.0 Å². The number of ketones is 1. The summed E-state index contributed by atoms with van der Waals surface area (Å²) in [6.07, 6.45) is 4.17. The van der Waals surface area contributed by atoms with Crippen molar-refractivity contribution in [3.63, 3.8) is 0 Å². The molecule has 1 amide bonds. The summed E-state index contributed by atoms with van der Waals surface area (Å²) in [7, 11) is -2.29. The molecule has 0 heterocycles. The molecule has 9 heteroatoms. The van der Waals surface area contributed by atoms with Gasteiger partial charge in [-0.05, 0) is 45.7 Å². The Balaban J connectivity index is 1.95. The van der Waals surface area contributed by atoms with Crippen LogP contribution in [-0.4, -0.2) is 56.2 Å². The molecule has 166 valence electrons. The van der Waals surface area contributed by atoms with Crippen LogP contribution in [0.1, 0.15) is 63.2 Å². The van der Waals surface area contributed by atoms with E-state index in [2.05, 4.69) is 4.72 Å². The Morgan fingerprint density at radius 3 is 2.17 bits per heavy atom. The summed E-state index contributed by atoms with van der Waals surface area (Å²) in [5, 5.41) is 0. The first kappa shape index (κ1) is 24.0. The van der Waals surface area contributed by atoms with Crippen LogP contribution in [0.4, 0.5) is 0 Å². The van der Waals surface area contributed by atoms with E-state index in [9.17, 15) is 22.8 Å². The van der Waals surface area contributed by atoms with Crippen molar-refractivity contribution >= 4 is 27.7 Å². The predicted octanol–water partition coefficient (Wildman–Crippen LogP) is 2.28.